The zero-order valence-corrected chi connectivity index (χ0v) is 13.3. The number of nitrogens with zero attached hydrogens (tertiary/aromatic N) is 2. The average Bonchev–Trinajstić information content (AvgIpc) is 2.45. The van der Waals surface area contributed by atoms with E-state index in [2.05, 4.69) is 0 Å². The van der Waals surface area contributed by atoms with E-state index >= 15 is 0 Å². The number of hydrogen-bond acceptors (Lipinski definition) is 4. The Morgan fingerprint density at radius 2 is 2.18 bits per heavy atom. The van der Waals surface area contributed by atoms with Gasteiger partial charge in [-0.2, -0.15) is 0 Å². The van der Waals surface area contributed by atoms with Gasteiger partial charge in [-0.3, -0.25) is 4.79 Å². The summed E-state index contributed by atoms with van der Waals surface area (Å²) in [4.78, 5) is 15.9. The minimum atomic E-state index is -1.39. The van der Waals surface area contributed by atoms with Crippen LogP contribution in [0.3, 0.4) is 0 Å². The van der Waals surface area contributed by atoms with Crippen molar-refractivity contribution in [2.45, 2.75) is 25.0 Å². The van der Waals surface area contributed by atoms with Crippen LogP contribution in [0.15, 0.2) is 18.2 Å². The van der Waals surface area contributed by atoms with Crippen molar-refractivity contribution in [2.24, 2.45) is 0 Å². The van der Waals surface area contributed by atoms with E-state index < -0.39 is 5.60 Å². The average molecular weight is 310 g/mol. The first-order valence-corrected chi connectivity index (χ1v) is 7.34. The van der Waals surface area contributed by atoms with Gasteiger partial charge in [0.15, 0.2) is 5.60 Å². The van der Waals surface area contributed by atoms with Crippen molar-refractivity contribution in [3.63, 3.8) is 0 Å². The smallest absolute Gasteiger partial charge is 0.256 e. The third-order valence-electron chi connectivity index (χ3n) is 3.90. The lowest BCUT2D eigenvalue weighted by molar-refractivity contribution is -0.159. The molecule has 2 rings (SSSR count). The monoisotopic (exact) mass is 310 g/mol. The van der Waals surface area contributed by atoms with Gasteiger partial charge in [-0.1, -0.05) is 0 Å². The lowest BCUT2D eigenvalue weighted by Gasteiger charge is -2.39. The molecule has 1 unspecified atom stereocenters. The normalized spacial score (nSPS) is 22.3. The predicted octanol–water partition coefficient (Wildman–Crippen LogP) is 1.25. The fourth-order valence-electron chi connectivity index (χ4n) is 2.89. The lowest BCUT2D eigenvalue weighted by Crippen LogP contribution is -2.57. The molecule has 0 aliphatic carbocycles. The zero-order valence-electron chi connectivity index (χ0n) is 13.3. The number of ether oxygens (including phenoxy) is 1. The number of piperidine rings is 1. The second-order valence-electron chi connectivity index (χ2n) is 6.06. The second-order valence-corrected chi connectivity index (χ2v) is 6.06. The fraction of sp³-hybridized carbons (Fsp3) is 0.562. The molecular weight excluding hydrogens is 287 g/mol. The highest BCUT2D eigenvalue weighted by Gasteiger charge is 2.42. The van der Waals surface area contributed by atoms with Gasteiger partial charge >= 0.3 is 0 Å². The minimum absolute atomic E-state index is 0.137. The Labute approximate surface area is 130 Å². The molecule has 0 aromatic heterocycles. The molecular formula is C16H23FN2O3. The highest BCUT2D eigenvalue weighted by Crippen LogP contribution is 2.26. The van der Waals surface area contributed by atoms with E-state index in [1.165, 1.54) is 18.1 Å². The molecule has 1 amide bonds. The van der Waals surface area contributed by atoms with Crippen molar-refractivity contribution in [2.75, 3.05) is 34.3 Å². The molecule has 1 aromatic carbocycles. The van der Waals surface area contributed by atoms with Crippen LogP contribution in [0.4, 0.5) is 4.39 Å². The van der Waals surface area contributed by atoms with Gasteiger partial charge in [-0.05, 0) is 45.1 Å². The number of likely N-dealkylation sites (N-methyl/N-ethyl adjacent to an activating group) is 1. The van der Waals surface area contributed by atoms with Crippen molar-refractivity contribution < 1.29 is 19.0 Å². The van der Waals surface area contributed by atoms with Crippen molar-refractivity contribution in [1.82, 2.24) is 9.80 Å². The number of hydrogen-bond donors (Lipinski definition) is 1. The summed E-state index contributed by atoms with van der Waals surface area (Å²) in [7, 11) is 5.14. The lowest BCUT2D eigenvalue weighted by atomic mass is 9.91. The largest absolute Gasteiger partial charge is 0.497 e. The van der Waals surface area contributed by atoms with Crippen LogP contribution in [0.5, 0.6) is 5.75 Å². The third-order valence-corrected chi connectivity index (χ3v) is 3.90. The Morgan fingerprint density at radius 3 is 2.82 bits per heavy atom. The first-order chi connectivity index (χ1) is 10.4. The topological polar surface area (TPSA) is 53.0 Å². The maximum absolute atomic E-state index is 13.9. The summed E-state index contributed by atoms with van der Waals surface area (Å²) in [6, 6.07) is 4.45. The summed E-state index contributed by atoms with van der Waals surface area (Å²) in [5.41, 5.74) is -1.00. The van der Waals surface area contributed by atoms with Crippen LogP contribution < -0.4 is 4.74 Å². The minimum Gasteiger partial charge on any atom is -0.497 e. The predicted molar refractivity (Wildman–Crippen MR) is 81.1 cm³/mol. The Hall–Kier alpha value is -1.66. The van der Waals surface area contributed by atoms with Crippen LogP contribution in [0.2, 0.25) is 0 Å². The number of methoxy groups -OCH3 is 1. The summed E-state index contributed by atoms with van der Waals surface area (Å²) < 4.78 is 19.0. The van der Waals surface area contributed by atoms with Gasteiger partial charge in [-0.15, -0.1) is 0 Å². The molecule has 6 heteroatoms. The standard InChI is InChI=1S/C16H23FN2O3/c1-18(2)11-16(21)7-4-8-19(15(16)20)10-12-9-13(22-3)5-6-14(12)17/h5-6,9,21H,4,7-8,10-11H2,1-3H3. The molecule has 1 fully saturated rings. The van der Waals surface area contributed by atoms with E-state index in [1.54, 1.807) is 17.0 Å². The molecule has 0 bridgehead atoms. The van der Waals surface area contributed by atoms with E-state index in [1.807, 2.05) is 14.1 Å². The fourth-order valence-corrected chi connectivity index (χ4v) is 2.89. The van der Waals surface area contributed by atoms with Gasteiger partial charge in [0.05, 0.1) is 7.11 Å². The van der Waals surface area contributed by atoms with Crippen LogP contribution in [0.25, 0.3) is 0 Å². The summed E-state index contributed by atoms with van der Waals surface area (Å²) >= 11 is 0. The molecule has 122 valence electrons. The van der Waals surface area contributed by atoms with Gasteiger partial charge in [-0.25, -0.2) is 4.39 Å². The van der Waals surface area contributed by atoms with Gasteiger partial charge < -0.3 is 19.6 Å². The van der Waals surface area contributed by atoms with Crippen LogP contribution in [0.1, 0.15) is 18.4 Å². The van der Waals surface area contributed by atoms with Crippen LogP contribution in [-0.4, -0.2) is 60.7 Å². The van der Waals surface area contributed by atoms with Crippen molar-refractivity contribution in [3.8, 4) is 5.75 Å². The highest BCUT2D eigenvalue weighted by atomic mass is 19.1. The highest BCUT2D eigenvalue weighted by molar-refractivity contribution is 5.86. The number of amides is 1. The maximum atomic E-state index is 13.9. The van der Waals surface area contributed by atoms with E-state index in [0.29, 0.717) is 30.7 Å². The molecule has 22 heavy (non-hydrogen) atoms. The zero-order chi connectivity index (χ0) is 16.3. The second kappa shape index (κ2) is 6.62. The molecule has 1 N–H and O–H groups in total. The molecule has 1 saturated heterocycles. The number of halogens is 1. The Morgan fingerprint density at radius 1 is 1.45 bits per heavy atom. The summed E-state index contributed by atoms with van der Waals surface area (Å²) in [6.45, 7) is 0.922. The number of carbonyl (C=O) groups is 1. The van der Waals surface area contributed by atoms with Crippen LogP contribution >= 0.6 is 0 Å². The molecule has 1 aromatic rings. The Kier molecular flexibility index (Phi) is 5.03. The molecule has 1 atom stereocenters. The number of benzene rings is 1. The van der Waals surface area contributed by atoms with E-state index in [-0.39, 0.29) is 24.8 Å². The molecule has 5 nitrogen and oxygen atoms in total. The van der Waals surface area contributed by atoms with Crippen LogP contribution in [-0.2, 0) is 11.3 Å². The maximum Gasteiger partial charge on any atom is 0.256 e. The molecule has 0 saturated carbocycles. The molecule has 1 aliphatic heterocycles. The van der Waals surface area contributed by atoms with Gasteiger partial charge in [0.1, 0.15) is 11.6 Å². The number of carbonyl (C=O) groups excluding carboxylic acids is 1. The molecule has 0 radical (unpaired) electrons. The first-order valence-electron chi connectivity index (χ1n) is 7.34. The van der Waals surface area contributed by atoms with E-state index in [0.717, 1.165) is 0 Å². The SMILES string of the molecule is COc1ccc(F)c(CN2CCCC(O)(CN(C)C)C2=O)c1. The quantitative estimate of drug-likeness (QED) is 0.889. The van der Waals surface area contributed by atoms with Crippen molar-refractivity contribution in [3.05, 3.63) is 29.6 Å². The first kappa shape index (κ1) is 16.7. The summed E-state index contributed by atoms with van der Waals surface area (Å²) in [5.74, 6) is -0.172. The van der Waals surface area contributed by atoms with Crippen molar-refractivity contribution >= 4 is 5.91 Å². The molecule has 1 heterocycles. The van der Waals surface area contributed by atoms with Gasteiger partial charge in [0.2, 0.25) is 0 Å². The summed E-state index contributed by atoms with van der Waals surface area (Å²) in [6.07, 6.45) is 1.13. The number of likely N-dealkylation sites (tertiary alicyclic amines) is 1. The number of rotatable bonds is 5. The third kappa shape index (κ3) is 3.56. The van der Waals surface area contributed by atoms with E-state index in [9.17, 15) is 14.3 Å². The van der Waals surface area contributed by atoms with Gasteiger partial charge in [0, 0.05) is 25.2 Å². The summed E-state index contributed by atoms with van der Waals surface area (Å²) in [5, 5.41) is 10.6. The molecule has 1 aliphatic rings. The Bertz CT molecular complexity index is 550. The molecule has 0 spiro atoms. The Balaban J connectivity index is 2.17. The van der Waals surface area contributed by atoms with Crippen molar-refractivity contribution in [1.29, 1.82) is 0 Å². The number of aliphatic hydroxyl groups is 1. The van der Waals surface area contributed by atoms with Crippen LogP contribution in [0, 0.1) is 5.82 Å². The van der Waals surface area contributed by atoms with E-state index in [4.69, 9.17) is 4.74 Å². The van der Waals surface area contributed by atoms with Gasteiger partial charge in [0.25, 0.3) is 5.91 Å².